The standard InChI is InChI=1S/C27H30O4/c1-16-9-3-5-11-18(16)26(28)30-24-22-15-23(21-14-8-7-13-20(21)22)25(24)31-27(29)19-12-6-4-10-17(19)2/h3-6,9-12,20-25H,7-8,13-15H2,1-2H3. The number of rotatable bonds is 4. The number of hydrogen-bond acceptors (Lipinski definition) is 4. The Kier molecular flexibility index (Phi) is 5.33. The quantitative estimate of drug-likeness (QED) is 0.614. The number of esters is 2. The van der Waals surface area contributed by atoms with Gasteiger partial charge in [0.15, 0.2) is 0 Å². The summed E-state index contributed by atoms with van der Waals surface area (Å²) in [5, 5.41) is 0. The maximum Gasteiger partial charge on any atom is 0.338 e. The molecule has 0 heterocycles. The average Bonchev–Trinajstić information content (AvgIpc) is 3.31. The molecule has 31 heavy (non-hydrogen) atoms. The fourth-order valence-corrected chi connectivity index (χ4v) is 6.44. The first-order valence-electron chi connectivity index (χ1n) is 11.6. The Balaban J connectivity index is 1.41. The molecule has 162 valence electrons. The van der Waals surface area contributed by atoms with Crippen LogP contribution in [0, 0.1) is 37.5 Å². The van der Waals surface area contributed by atoms with Crippen LogP contribution < -0.4 is 0 Å². The van der Waals surface area contributed by atoms with Crippen LogP contribution in [0.2, 0.25) is 0 Å². The Morgan fingerprint density at radius 3 is 1.52 bits per heavy atom. The van der Waals surface area contributed by atoms with Gasteiger partial charge in [0, 0.05) is 11.8 Å². The SMILES string of the molecule is Cc1ccccc1C(=O)OC1C2CC(C3CCCCC32)C1OC(=O)c1ccccc1C. The average molecular weight is 419 g/mol. The van der Waals surface area contributed by atoms with E-state index < -0.39 is 0 Å². The Labute approximate surface area is 183 Å². The predicted molar refractivity (Wildman–Crippen MR) is 118 cm³/mol. The maximum atomic E-state index is 13.1. The highest BCUT2D eigenvalue weighted by molar-refractivity contribution is 5.92. The van der Waals surface area contributed by atoms with Crippen LogP contribution in [0.5, 0.6) is 0 Å². The minimum atomic E-state index is -0.357. The Morgan fingerprint density at radius 2 is 1.10 bits per heavy atom. The van der Waals surface area contributed by atoms with Crippen molar-refractivity contribution < 1.29 is 19.1 Å². The second-order valence-corrected chi connectivity index (χ2v) is 9.55. The van der Waals surface area contributed by atoms with Crippen LogP contribution in [0.4, 0.5) is 0 Å². The third-order valence-electron chi connectivity index (χ3n) is 7.90. The van der Waals surface area contributed by atoms with E-state index in [0.29, 0.717) is 23.0 Å². The fourth-order valence-electron chi connectivity index (χ4n) is 6.44. The summed E-state index contributed by atoms with van der Waals surface area (Å²) in [6.07, 6.45) is 5.17. The summed E-state index contributed by atoms with van der Waals surface area (Å²) in [5.41, 5.74) is 2.99. The number of ether oxygens (including phenoxy) is 2. The van der Waals surface area contributed by atoms with E-state index in [4.69, 9.17) is 9.47 Å². The highest BCUT2D eigenvalue weighted by Crippen LogP contribution is 2.59. The molecule has 6 unspecified atom stereocenters. The van der Waals surface area contributed by atoms with E-state index in [-0.39, 0.29) is 36.0 Å². The van der Waals surface area contributed by atoms with Gasteiger partial charge in [-0.3, -0.25) is 0 Å². The summed E-state index contributed by atoms with van der Waals surface area (Å²) >= 11 is 0. The molecule has 4 nitrogen and oxygen atoms in total. The molecular weight excluding hydrogens is 388 g/mol. The van der Waals surface area contributed by atoms with Gasteiger partial charge in [-0.15, -0.1) is 0 Å². The van der Waals surface area contributed by atoms with Crippen molar-refractivity contribution in [2.75, 3.05) is 0 Å². The largest absolute Gasteiger partial charge is 0.454 e. The smallest absolute Gasteiger partial charge is 0.338 e. The molecule has 3 aliphatic rings. The molecule has 0 saturated heterocycles. The summed E-state index contributed by atoms with van der Waals surface area (Å²) in [5.74, 6) is 1.14. The van der Waals surface area contributed by atoms with Gasteiger partial charge in [0.2, 0.25) is 0 Å². The van der Waals surface area contributed by atoms with Crippen molar-refractivity contribution in [1.82, 2.24) is 0 Å². The molecule has 0 aliphatic heterocycles. The van der Waals surface area contributed by atoms with Crippen LogP contribution in [-0.2, 0) is 9.47 Å². The van der Waals surface area contributed by atoms with Crippen LogP contribution >= 0.6 is 0 Å². The first-order chi connectivity index (χ1) is 15.0. The number of fused-ring (bicyclic) bond motifs is 5. The van der Waals surface area contributed by atoms with Gasteiger partial charge >= 0.3 is 11.9 Å². The lowest BCUT2D eigenvalue weighted by molar-refractivity contribution is -0.0872. The highest BCUT2D eigenvalue weighted by Gasteiger charge is 2.61. The topological polar surface area (TPSA) is 52.6 Å². The lowest BCUT2D eigenvalue weighted by Gasteiger charge is -2.42. The molecule has 0 amide bonds. The van der Waals surface area contributed by atoms with Crippen molar-refractivity contribution in [3.8, 4) is 0 Å². The molecule has 0 spiro atoms. The monoisotopic (exact) mass is 418 g/mol. The van der Waals surface area contributed by atoms with Gasteiger partial charge in [-0.25, -0.2) is 9.59 Å². The molecule has 3 aliphatic carbocycles. The number of benzene rings is 2. The normalized spacial score (nSPS) is 31.2. The molecule has 4 heteroatoms. The Hall–Kier alpha value is -2.62. The fraction of sp³-hybridized carbons (Fsp3) is 0.481. The molecular formula is C27H30O4. The summed E-state index contributed by atoms with van der Waals surface area (Å²) in [6, 6.07) is 15.0. The molecule has 6 atom stereocenters. The molecule has 2 aromatic rings. The summed E-state index contributed by atoms with van der Waals surface area (Å²) in [7, 11) is 0. The van der Waals surface area contributed by atoms with Gasteiger partial charge in [0.25, 0.3) is 0 Å². The van der Waals surface area contributed by atoms with E-state index in [1.165, 1.54) is 25.7 Å². The zero-order chi connectivity index (χ0) is 21.5. The zero-order valence-corrected chi connectivity index (χ0v) is 18.3. The molecule has 0 aromatic heterocycles. The van der Waals surface area contributed by atoms with E-state index in [0.717, 1.165) is 17.5 Å². The van der Waals surface area contributed by atoms with Gasteiger partial charge in [0.05, 0.1) is 11.1 Å². The maximum absolute atomic E-state index is 13.1. The Bertz CT molecular complexity index is 917. The minimum Gasteiger partial charge on any atom is -0.454 e. The lowest BCUT2D eigenvalue weighted by atomic mass is 9.69. The second-order valence-electron chi connectivity index (χ2n) is 9.55. The van der Waals surface area contributed by atoms with Crippen molar-refractivity contribution in [1.29, 1.82) is 0 Å². The summed E-state index contributed by atoms with van der Waals surface area (Å²) < 4.78 is 12.2. The van der Waals surface area contributed by atoms with E-state index in [9.17, 15) is 9.59 Å². The van der Waals surface area contributed by atoms with Crippen molar-refractivity contribution in [3.63, 3.8) is 0 Å². The van der Waals surface area contributed by atoms with Crippen LogP contribution in [0.25, 0.3) is 0 Å². The summed E-state index contributed by atoms with van der Waals surface area (Å²) in [4.78, 5) is 26.1. The molecule has 2 bridgehead atoms. The van der Waals surface area contributed by atoms with Crippen LogP contribution in [0.1, 0.15) is 63.9 Å². The third kappa shape index (κ3) is 3.56. The third-order valence-corrected chi connectivity index (χ3v) is 7.90. The van der Waals surface area contributed by atoms with Gasteiger partial charge in [-0.2, -0.15) is 0 Å². The van der Waals surface area contributed by atoms with Crippen LogP contribution in [0.3, 0.4) is 0 Å². The molecule has 3 saturated carbocycles. The predicted octanol–water partition coefficient (Wildman–Crippen LogP) is 5.51. The molecule has 5 rings (SSSR count). The first-order valence-corrected chi connectivity index (χ1v) is 11.6. The van der Waals surface area contributed by atoms with Gasteiger partial charge in [-0.1, -0.05) is 49.2 Å². The van der Waals surface area contributed by atoms with Crippen molar-refractivity contribution in [2.24, 2.45) is 23.7 Å². The highest BCUT2D eigenvalue weighted by atomic mass is 16.6. The number of aryl methyl sites for hydroxylation is 2. The van der Waals surface area contributed by atoms with Crippen molar-refractivity contribution in [3.05, 3.63) is 70.8 Å². The second kappa shape index (κ2) is 8.14. The van der Waals surface area contributed by atoms with Crippen molar-refractivity contribution >= 4 is 11.9 Å². The molecule has 0 radical (unpaired) electrons. The van der Waals surface area contributed by atoms with E-state index in [1.807, 2.05) is 62.4 Å². The zero-order valence-electron chi connectivity index (χ0n) is 18.3. The van der Waals surface area contributed by atoms with Gasteiger partial charge in [0.1, 0.15) is 12.2 Å². The van der Waals surface area contributed by atoms with Gasteiger partial charge in [-0.05, 0) is 68.2 Å². The van der Waals surface area contributed by atoms with Crippen LogP contribution in [0.15, 0.2) is 48.5 Å². The van der Waals surface area contributed by atoms with Crippen molar-refractivity contribution in [2.45, 2.75) is 58.2 Å². The molecule has 3 fully saturated rings. The number of carbonyl (C=O) groups excluding carboxylic acids is 2. The van der Waals surface area contributed by atoms with E-state index in [1.54, 1.807) is 0 Å². The number of hydrogen-bond donors (Lipinski definition) is 0. The molecule has 0 N–H and O–H groups in total. The minimum absolute atomic E-state index is 0.290. The lowest BCUT2D eigenvalue weighted by Crippen LogP contribution is -2.47. The first kappa shape index (κ1) is 20.3. The van der Waals surface area contributed by atoms with Crippen LogP contribution in [-0.4, -0.2) is 24.1 Å². The number of carbonyl (C=O) groups is 2. The van der Waals surface area contributed by atoms with E-state index in [2.05, 4.69) is 0 Å². The van der Waals surface area contributed by atoms with Gasteiger partial charge < -0.3 is 9.47 Å². The summed E-state index contributed by atoms with van der Waals surface area (Å²) in [6.45, 7) is 3.84. The molecule has 2 aromatic carbocycles. The van der Waals surface area contributed by atoms with E-state index >= 15 is 0 Å². The Morgan fingerprint density at radius 1 is 0.677 bits per heavy atom.